The SMILES string of the molecule is CCCCC(O)(O)c1ccccc1Cc1ccccn1. The van der Waals surface area contributed by atoms with Crippen LogP contribution in [0.2, 0.25) is 0 Å². The van der Waals surface area contributed by atoms with Crippen LogP contribution in [0, 0.1) is 0 Å². The number of nitrogens with zero attached hydrogens (tertiary/aromatic N) is 1. The van der Waals surface area contributed by atoms with E-state index >= 15 is 0 Å². The summed E-state index contributed by atoms with van der Waals surface area (Å²) < 4.78 is 0. The van der Waals surface area contributed by atoms with Gasteiger partial charge in [0, 0.05) is 30.3 Å². The Labute approximate surface area is 119 Å². The van der Waals surface area contributed by atoms with E-state index in [0.29, 0.717) is 18.4 Å². The molecule has 1 aromatic carbocycles. The lowest BCUT2D eigenvalue weighted by atomic mass is 9.93. The molecule has 0 fully saturated rings. The van der Waals surface area contributed by atoms with Gasteiger partial charge in [-0.1, -0.05) is 43.7 Å². The smallest absolute Gasteiger partial charge is 0.190 e. The van der Waals surface area contributed by atoms with Crippen molar-refractivity contribution in [2.75, 3.05) is 0 Å². The summed E-state index contributed by atoms with van der Waals surface area (Å²) in [5.41, 5.74) is 2.41. The molecule has 106 valence electrons. The predicted molar refractivity (Wildman–Crippen MR) is 79.1 cm³/mol. The fourth-order valence-electron chi connectivity index (χ4n) is 2.32. The van der Waals surface area contributed by atoms with Crippen molar-refractivity contribution < 1.29 is 10.2 Å². The average Bonchev–Trinajstić information content (AvgIpc) is 2.47. The Morgan fingerprint density at radius 2 is 1.80 bits per heavy atom. The van der Waals surface area contributed by atoms with E-state index in [-0.39, 0.29) is 0 Å². The van der Waals surface area contributed by atoms with Gasteiger partial charge in [0.1, 0.15) is 0 Å². The van der Waals surface area contributed by atoms with Gasteiger partial charge < -0.3 is 10.2 Å². The van der Waals surface area contributed by atoms with Crippen LogP contribution in [-0.4, -0.2) is 15.2 Å². The van der Waals surface area contributed by atoms with Crippen molar-refractivity contribution in [1.82, 2.24) is 4.98 Å². The molecule has 2 N–H and O–H groups in total. The number of hydrogen-bond acceptors (Lipinski definition) is 3. The second kappa shape index (κ2) is 6.64. The van der Waals surface area contributed by atoms with E-state index in [2.05, 4.69) is 4.98 Å². The van der Waals surface area contributed by atoms with Crippen molar-refractivity contribution in [2.45, 2.75) is 38.4 Å². The summed E-state index contributed by atoms with van der Waals surface area (Å²) in [5.74, 6) is -1.76. The molecule has 0 saturated carbocycles. The Hall–Kier alpha value is -1.71. The quantitative estimate of drug-likeness (QED) is 0.794. The van der Waals surface area contributed by atoms with Crippen LogP contribution in [0.3, 0.4) is 0 Å². The third kappa shape index (κ3) is 3.65. The van der Waals surface area contributed by atoms with Crippen LogP contribution in [0.1, 0.15) is 43.0 Å². The van der Waals surface area contributed by atoms with Crippen LogP contribution in [0.4, 0.5) is 0 Å². The maximum absolute atomic E-state index is 10.3. The van der Waals surface area contributed by atoms with E-state index in [1.54, 1.807) is 12.3 Å². The minimum atomic E-state index is -1.76. The Bertz CT molecular complexity index is 538. The molecule has 2 rings (SSSR count). The van der Waals surface area contributed by atoms with Gasteiger partial charge >= 0.3 is 0 Å². The molecule has 1 aromatic heterocycles. The zero-order valence-corrected chi connectivity index (χ0v) is 11.8. The van der Waals surface area contributed by atoms with Crippen molar-refractivity contribution in [3.05, 3.63) is 65.5 Å². The maximum atomic E-state index is 10.3. The molecule has 0 saturated heterocycles. The molecule has 20 heavy (non-hydrogen) atoms. The van der Waals surface area contributed by atoms with Crippen LogP contribution >= 0.6 is 0 Å². The Balaban J connectivity index is 2.26. The first-order valence-electron chi connectivity index (χ1n) is 7.06. The highest BCUT2D eigenvalue weighted by atomic mass is 16.5. The van der Waals surface area contributed by atoms with Crippen LogP contribution < -0.4 is 0 Å². The van der Waals surface area contributed by atoms with Gasteiger partial charge in [0.2, 0.25) is 0 Å². The van der Waals surface area contributed by atoms with Gasteiger partial charge in [-0.2, -0.15) is 0 Å². The Morgan fingerprint density at radius 1 is 1.05 bits per heavy atom. The standard InChI is InChI=1S/C17H21NO2/c1-2-3-11-17(19,20)16-10-5-4-8-14(16)13-15-9-6-7-12-18-15/h4-10,12,19-20H,2-3,11,13H2,1H3. The fraction of sp³-hybridized carbons (Fsp3) is 0.353. The van der Waals surface area contributed by atoms with Gasteiger partial charge in [-0.3, -0.25) is 4.98 Å². The van der Waals surface area contributed by atoms with Gasteiger partial charge in [0.15, 0.2) is 5.79 Å². The summed E-state index contributed by atoms with van der Waals surface area (Å²) in [5, 5.41) is 20.6. The van der Waals surface area contributed by atoms with Gasteiger partial charge in [-0.05, 0) is 24.1 Å². The minimum Gasteiger partial charge on any atom is -0.362 e. The molecule has 0 bridgehead atoms. The summed E-state index contributed by atoms with van der Waals surface area (Å²) in [6.07, 6.45) is 4.42. The minimum absolute atomic E-state index is 0.350. The highest BCUT2D eigenvalue weighted by Crippen LogP contribution is 2.28. The first-order valence-corrected chi connectivity index (χ1v) is 7.06. The van der Waals surface area contributed by atoms with E-state index < -0.39 is 5.79 Å². The van der Waals surface area contributed by atoms with Gasteiger partial charge in [-0.15, -0.1) is 0 Å². The molecule has 0 aliphatic heterocycles. The van der Waals surface area contributed by atoms with E-state index in [1.807, 2.05) is 43.3 Å². The van der Waals surface area contributed by atoms with Crippen LogP contribution in [-0.2, 0) is 12.2 Å². The average molecular weight is 271 g/mol. The van der Waals surface area contributed by atoms with Crippen molar-refractivity contribution in [1.29, 1.82) is 0 Å². The van der Waals surface area contributed by atoms with E-state index in [0.717, 1.165) is 24.1 Å². The number of pyridine rings is 1. The molecule has 0 aliphatic rings. The first kappa shape index (κ1) is 14.7. The van der Waals surface area contributed by atoms with Crippen molar-refractivity contribution >= 4 is 0 Å². The van der Waals surface area contributed by atoms with E-state index in [4.69, 9.17) is 0 Å². The molecule has 0 spiro atoms. The van der Waals surface area contributed by atoms with E-state index in [9.17, 15) is 10.2 Å². The number of unbranched alkanes of at least 4 members (excludes halogenated alkanes) is 1. The number of benzene rings is 1. The van der Waals surface area contributed by atoms with Crippen molar-refractivity contribution in [2.24, 2.45) is 0 Å². The summed E-state index contributed by atoms with van der Waals surface area (Å²) in [6, 6.07) is 13.2. The molecule has 0 unspecified atom stereocenters. The third-order valence-electron chi connectivity index (χ3n) is 3.43. The lowest BCUT2D eigenvalue weighted by molar-refractivity contribution is -0.175. The van der Waals surface area contributed by atoms with Crippen LogP contribution in [0.25, 0.3) is 0 Å². The number of rotatable bonds is 6. The molecule has 3 nitrogen and oxygen atoms in total. The lowest BCUT2D eigenvalue weighted by Crippen LogP contribution is -2.26. The topological polar surface area (TPSA) is 53.4 Å². The normalized spacial score (nSPS) is 11.6. The molecule has 1 heterocycles. The van der Waals surface area contributed by atoms with Crippen LogP contribution in [0.5, 0.6) is 0 Å². The molecule has 0 amide bonds. The van der Waals surface area contributed by atoms with Crippen molar-refractivity contribution in [3.63, 3.8) is 0 Å². The highest BCUT2D eigenvalue weighted by molar-refractivity contribution is 5.33. The molecule has 0 radical (unpaired) electrons. The molecular weight excluding hydrogens is 250 g/mol. The van der Waals surface area contributed by atoms with Crippen LogP contribution in [0.15, 0.2) is 48.7 Å². The maximum Gasteiger partial charge on any atom is 0.190 e. The number of aromatic nitrogens is 1. The number of hydrogen-bond donors (Lipinski definition) is 2. The number of aliphatic hydroxyl groups is 2. The zero-order valence-electron chi connectivity index (χ0n) is 11.8. The van der Waals surface area contributed by atoms with Gasteiger partial charge in [0.05, 0.1) is 0 Å². The van der Waals surface area contributed by atoms with Crippen molar-refractivity contribution in [3.8, 4) is 0 Å². The zero-order chi connectivity index (χ0) is 14.4. The van der Waals surface area contributed by atoms with Gasteiger partial charge in [0.25, 0.3) is 0 Å². The summed E-state index contributed by atoms with van der Waals surface area (Å²) in [6.45, 7) is 2.04. The Morgan fingerprint density at radius 3 is 2.50 bits per heavy atom. The van der Waals surface area contributed by atoms with E-state index in [1.165, 1.54) is 0 Å². The molecule has 0 aliphatic carbocycles. The molecule has 2 aromatic rings. The summed E-state index contributed by atoms with van der Waals surface area (Å²) in [4.78, 5) is 4.30. The monoisotopic (exact) mass is 271 g/mol. The summed E-state index contributed by atoms with van der Waals surface area (Å²) in [7, 11) is 0. The molecule has 0 atom stereocenters. The summed E-state index contributed by atoms with van der Waals surface area (Å²) >= 11 is 0. The molecule has 3 heteroatoms. The first-order chi connectivity index (χ1) is 9.63. The third-order valence-corrected chi connectivity index (χ3v) is 3.43. The second-order valence-corrected chi connectivity index (χ2v) is 5.08. The molecular formula is C17H21NO2. The van der Waals surface area contributed by atoms with Gasteiger partial charge in [-0.25, -0.2) is 0 Å². The Kier molecular flexibility index (Phi) is 4.88. The second-order valence-electron chi connectivity index (χ2n) is 5.08. The largest absolute Gasteiger partial charge is 0.362 e. The highest BCUT2D eigenvalue weighted by Gasteiger charge is 2.27. The lowest BCUT2D eigenvalue weighted by Gasteiger charge is -2.24. The fourth-order valence-corrected chi connectivity index (χ4v) is 2.32. The predicted octanol–water partition coefficient (Wildman–Crippen LogP) is 3.00.